The van der Waals surface area contributed by atoms with E-state index >= 15 is 0 Å². The molecule has 0 N–H and O–H groups in total. The maximum atomic E-state index is 2.40. The van der Waals surface area contributed by atoms with E-state index in [1.54, 1.807) is 0 Å². The van der Waals surface area contributed by atoms with E-state index in [4.69, 9.17) is 0 Å². The zero-order valence-corrected chi connectivity index (χ0v) is 9.24. The van der Waals surface area contributed by atoms with Crippen molar-refractivity contribution in [3.05, 3.63) is 0 Å². The lowest BCUT2D eigenvalue weighted by Crippen LogP contribution is -2.31. The maximum absolute atomic E-state index is 2.40. The van der Waals surface area contributed by atoms with E-state index in [1.165, 1.54) is 12.3 Å². The quantitative estimate of drug-likeness (QED) is 0.631. The van der Waals surface area contributed by atoms with Gasteiger partial charge in [0.25, 0.3) is 0 Å². The standard InChI is InChI=1S/C9H21NS/c1-8(2)10(4)6-9(3)7-11-5/h8-9H,6-7H2,1-5H3. The second-order valence-electron chi connectivity index (χ2n) is 3.59. The maximum Gasteiger partial charge on any atom is 0.00356 e. The monoisotopic (exact) mass is 175 g/mol. The molecule has 0 aromatic carbocycles. The van der Waals surface area contributed by atoms with Crippen molar-refractivity contribution in [2.24, 2.45) is 5.92 Å². The lowest BCUT2D eigenvalue weighted by molar-refractivity contribution is 0.246. The molecule has 0 aliphatic carbocycles. The van der Waals surface area contributed by atoms with E-state index in [0.29, 0.717) is 6.04 Å². The summed E-state index contributed by atoms with van der Waals surface area (Å²) in [6.07, 6.45) is 2.17. The van der Waals surface area contributed by atoms with E-state index in [0.717, 1.165) is 5.92 Å². The molecule has 0 aliphatic rings. The molecule has 0 amide bonds. The molecule has 1 unspecified atom stereocenters. The van der Waals surface area contributed by atoms with E-state index in [9.17, 15) is 0 Å². The van der Waals surface area contributed by atoms with E-state index in [1.807, 2.05) is 11.8 Å². The summed E-state index contributed by atoms with van der Waals surface area (Å²) in [6.45, 7) is 8.02. The van der Waals surface area contributed by atoms with Gasteiger partial charge in [0.05, 0.1) is 0 Å². The van der Waals surface area contributed by atoms with Gasteiger partial charge in [0.15, 0.2) is 0 Å². The molecule has 1 nitrogen and oxygen atoms in total. The summed E-state index contributed by atoms with van der Waals surface area (Å²) in [4.78, 5) is 2.40. The van der Waals surface area contributed by atoms with Crippen molar-refractivity contribution in [3.8, 4) is 0 Å². The third kappa shape index (κ3) is 5.57. The fraction of sp³-hybridized carbons (Fsp3) is 1.00. The topological polar surface area (TPSA) is 3.24 Å². The van der Waals surface area contributed by atoms with E-state index < -0.39 is 0 Å². The zero-order valence-electron chi connectivity index (χ0n) is 8.42. The van der Waals surface area contributed by atoms with Crippen molar-refractivity contribution in [2.75, 3.05) is 25.6 Å². The third-order valence-electron chi connectivity index (χ3n) is 1.93. The number of rotatable bonds is 5. The first-order valence-electron chi connectivity index (χ1n) is 4.27. The molecule has 0 heterocycles. The highest BCUT2D eigenvalue weighted by Gasteiger charge is 2.07. The summed E-state index contributed by atoms with van der Waals surface area (Å²) < 4.78 is 0. The minimum absolute atomic E-state index is 0.680. The van der Waals surface area contributed by atoms with Crippen molar-refractivity contribution in [1.29, 1.82) is 0 Å². The second-order valence-corrected chi connectivity index (χ2v) is 4.50. The Bertz CT molecular complexity index is 93.6. The summed E-state index contributed by atoms with van der Waals surface area (Å²) in [5, 5.41) is 0. The summed E-state index contributed by atoms with van der Waals surface area (Å²) in [6, 6.07) is 0.680. The van der Waals surface area contributed by atoms with Crippen LogP contribution in [0.5, 0.6) is 0 Å². The van der Waals surface area contributed by atoms with Gasteiger partial charge in [-0.1, -0.05) is 6.92 Å². The second kappa shape index (κ2) is 5.90. The van der Waals surface area contributed by atoms with Crippen LogP contribution in [0.3, 0.4) is 0 Å². The van der Waals surface area contributed by atoms with Gasteiger partial charge in [-0.15, -0.1) is 0 Å². The molecule has 68 valence electrons. The Kier molecular flexibility index (Phi) is 6.06. The SMILES string of the molecule is CSCC(C)CN(C)C(C)C. The molecule has 0 aromatic heterocycles. The molecule has 0 bridgehead atoms. The van der Waals surface area contributed by atoms with Gasteiger partial charge >= 0.3 is 0 Å². The molecule has 0 saturated heterocycles. The van der Waals surface area contributed by atoms with Gasteiger partial charge in [-0.25, -0.2) is 0 Å². The predicted molar refractivity (Wildman–Crippen MR) is 55.3 cm³/mol. The fourth-order valence-corrected chi connectivity index (χ4v) is 1.71. The van der Waals surface area contributed by atoms with Crippen LogP contribution in [-0.4, -0.2) is 36.5 Å². The lowest BCUT2D eigenvalue weighted by atomic mass is 10.2. The smallest absolute Gasteiger partial charge is 0.00356 e. The molecule has 0 rings (SSSR count). The van der Waals surface area contributed by atoms with Gasteiger partial charge in [-0.2, -0.15) is 11.8 Å². The molecule has 0 spiro atoms. The molecule has 0 fully saturated rings. The van der Waals surface area contributed by atoms with Crippen molar-refractivity contribution < 1.29 is 0 Å². The Morgan fingerprint density at radius 3 is 2.18 bits per heavy atom. The molecular weight excluding hydrogens is 154 g/mol. The van der Waals surface area contributed by atoms with Gasteiger partial charge in [-0.05, 0) is 38.8 Å². The Labute approximate surface area is 75.5 Å². The molecule has 0 aliphatic heterocycles. The molecule has 0 aromatic rings. The van der Waals surface area contributed by atoms with Crippen LogP contribution >= 0.6 is 11.8 Å². The summed E-state index contributed by atoms with van der Waals surface area (Å²) in [7, 11) is 2.20. The van der Waals surface area contributed by atoms with E-state index in [2.05, 4.69) is 39.0 Å². The highest BCUT2D eigenvalue weighted by Crippen LogP contribution is 2.07. The minimum Gasteiger partial charge on any atom is -0.304 e. The van der Waals surface area contributed by atoms with Crippen LogP contribution in [0.15, 0.2) is 0 Å². The molecule has 0 saturated carbocycles. The zero-order chi connectivity index (χ0) is 8.85. The lowest BCUT2D eigenvalue weighted by Gasteiger charge is -2.24. The first kappa shape index (κ1) is 11.3. The summed E-state index contributed by atoms with van der Waals surface area (Å²) in [5.74, 6) is 2.09. The largest absolute Gasteiger partial charge is 0.304 e. The molecule has 1 atom stereocenters. The molecule has 2 heteroatoms. The molecule has 11 heavy (non-hydrogen) atoms. The van der Waals surface area contributed by atoms with E-state index in [-0.39, 0.29) is 0 Å². The Balaban J connectivity index is 3.48. The van der Waals surface area contributed by atoms with Crippen molar-refractivity contribution in [1.82, 2.24) is 4.90 Å². The van der Waals surface area contributed by atoms with Gasteiger partial charge in [-0.3, -0.25) is 0 Å². The number of hydrogen-bond donors (Lipinski definition) is 0. The number of nitrogens with zero attached hydrogens (tertiary/aromatic N) is 1. The van der Waals surface area contributed by atoms with Gasteiger partial charge < -0.3 is 4.90 Å². The van der Waals surface area contributed by atoms with Crippen LogP contribution in [0, 0.1) is 5.92 Å². The predicted octanol–water partition coefficient (Wildman–Crippen LogP) is 2.33. The van der Waals surface area contributed by atoms with Crippen LogP contribution in [-0.2, 0) is 0 Å². The normalized spacial score (nSPS) is 14.5. The van der Waals surface area contributed by atoms with Crippen LogP contribution < -0.4 is 0 Å². The van der Waals surface area contributed by atoms with Crippen LogP contribution in [0.25, 0.3) is 0 Å². The highest BCUT2D eigenvalue weighted by molar-refractivity contribution is 7.98. The molecule has 0 radical (unpaired) electrons. The summed E-state index contributed by atoms with van der Waals surface area (Å²) >= 11 is 1.94. The Hall–Kier alpha value is 0.310. The van der Waals surface area contributed by atoms with Crippen LogP contribution in [0.4, 0.5) is 0 Å². The number of hydrogen-bond acceptors (Lipinski definition) is 2. The first-order chi connectivity index (χ1) is 5.07. The van der Waals surface area contributed by atoms with Crippen molar-refractivity contribution >= 4 is 11.8 Å². The first-order valence-corrected chi connectivity index (χ1v) is 5.66. The summed E-state index contributed by atoms with van der Waals surface area (Å²) in [5.41, 5.74) is 0. The van der Waals surface area contributed by atoms with Crippen LogP contribution in [0.2, 0.25) is 0 Å². The number of thioether (sulfide) groups is 1. The van der Waals surface area contributed by atoms with Crippen molar-refractivity contribution in [3.63, 3.8) is 0 Å². The Morgan fingerprint density at radius 2 is 1.82 bits per heavy atom. The van der Waals surface area contributed by atoms with Gasteiger partial charge in [0.2, 0.25) is 0 Å². The average molecular weight is 175 g/mol. The average Bonchev–Trinajstić information content (AvgIpc) is 1.87. The Morgan fingerprint density at radius 1 is 1.27 bits per heavy atom. The molecular formula is C9H21NS. The van der Waals surface area contributed by atoms with Gasteiger partial charge in [0, 0.05) is 12.6 Å². The highest BCUT2D eigenvalue weighted by atomic mass is 32.2. The van der Waals surface area contributed by atoms with Crippen LogP contribution in [0.1, 0.15) is 20.8 Å². The van der Waals surface area contributed by atoms with Gasteiger partial charge in [0.1, 0.15) is 0 Å². The van der Waals surface area contributed by atoms with Crippen molar-refractivity contribution in [2.45, 2.75) is 26.8 Å². The minimum atomic E-state index is 0.680. The third-order valence-corrected chi connectivity index (χ3v) is 2.83. The fourth-order valence-electron chi connectivity index (χ4n) is 1.04.